The van der Waals surface area contributed by atoms with Crippen LogP contribution in [-0.4, -0.2) is 33.6 Å². The lowest BCUT2D eigenvalue weighted by Gasteiger charge is -2.01. The van der Waals surface area contributed by atoms with Crippen molar-refractivity contribution in [3.8, 4) is 0 Å². The Labute approximate surface area is 83.5 Å². The predicted molar refractivity (Wildman–Crippen MR) is 52.9 cm³/mol. The molecule has 1 rings (SSSR count). The number of nitrogens with one attached hydrogen (secondary N) is 1. The second-order valence-corrected chi connectivity index (χ2v) is 3.12. The van der Waals surface area contributed by atoms with Crippen LogP contribution in [0.1, 0.15) is 19.2 Å². The van der Waals surface area contributed by atoms with E-state index >= 15 is 0 Å². The molecule has 1 aromatic rings. The fraction of sp³-hybridized carbons (Fsp3) is 0.667. The molecule has 1 N–H and O–H groups in total. The van der Waals surface area contributed by atoms with Crippen molar-refractivity contribution in [2.24, 2.45) is 7.05 Å². The van der Waals surface area contributed by atoms with E-state index in [0.29, 0.717) is 12.8 Å². The zero-order valence-electron chi connectivity index (χ0n) is 8.66. The largest absolute Gasteiger partial charge is 0.317 e. The van der Waals surface area contributed by atoms with Crippen LogP contribution in [0.15, 0.2) is 6.33 Å². The topological polar surface area (TPSA) is 59.8 Å². The number of hydrogen-bond donors (Lipinski definition) is 1. The third-order valence-corrected chi connectivity index (χ3v) is 1.99. The first-order chi connectivity index (χ1) is 6.74. The van der Waals surface area contributed by atoms with Crippen LogP contribution in [0, 0.1) is 0 Å². The Balaban J connectivity index is 2.31. The fourth-order valence-corrected chi connectivity index (χ4v) is 1.15. The standard InChI is InChI=1S/C9H16N4O/c1-3-10-5-4-8(14)6-9-11-7-12-13(9)2/h7,10H,3-6H2,1-2H3. The number of aryl methyl sites for hydroxylation is 1. The maximum atomic E-state index is 11.4. The summed E-state index contributed by atoms with van der Waals surface area (Å²) < 4.78 is 1.63. The summed E-state index contributed by atoms with van der Waals surface area (Å²) in [6.07, 6.45) is 2.40. The molecule has 0 saturated heterocycles. The van der Waals surface area contributed by atoms with Crippen molar-refractivity contribution in [3.05, 3.63) is 12.2 Å². The fourth-order valence-electron chi connectivity index (χ4n) is 1.15. The minimum Gasteiger partial charge on any atom is -0.317 e. The van der Waals surface area contributed by atoms with Gasteiger partial charge in [-0.25, -0.2) is 4.98 Å². The molecule has 0 aliphatic rings. The molecule has 0 bridgehead atoms. The third-order valence-electron chi connectivity index (χ3n) is 1.99. The maximum absolute atomic E-state index is 11.4. The van der Waals surface area contributed by atoms with E-state index in [1.807, 2.05) is 6.92 Å². The molecule has 1 aromatic heterocycles. The zero-order valence-corrected chi connectivity index (χ0v) is 8.66. The molecule has 0 amide bonds. The van der Waals surface area contributed by atoms with E-state index in [1.54, 1.807) is 11.7 Å². The van der Waals surface area contributed by atoms with Gasteiger partial charge in [0.15, 0.2) is 0 Å². The summed E-state index contributed by atoms with van der Waals surface area (Å²) >= 11 is 0. The molecule has 1 heterocycles. The van der Waals surface area contributed by atoms with Gasteiger partial charge < -0.3 is 5.32 Å². The summed E-state index contributed by atoms with van der Waals surface area (Å²) in [5, 5.41) is 7.01. The van der Waals surface area contributed by atoms with Crippen molar-refractivity contribution in [1.82, 2.24) is 20.1 Å². The summed E-state index contributed by atoms with van der Waals surface area (Å²) in [7, 11) is 1.79. The van der Waals surface area contributed by atoms with Gasteiger partial charge in [0.2, 0.25) is 0 Å². The van der Waals surface area contributed by atoms with Crippen LogP contribution in [-0.2, 0) is 18.3 Å². The molecule has 0 radical (unpaired) electrons. The molecule has 78 valence electrons. The SMILES string of the molecule is CCNCCC(=O)Cc1ncnn1C. The number of rotatable bonds is 6. The number of carbonyl (C=O) groups is 1. The normalized spacial score (nSPS) is 10.4. The number of aromatic nitrogens is 3. The number of carbonyl (C=O) groups excluding carboxylic acids is 1. The lowest BCUT2D eigenvalue weighted by Crippen LogP contribution is -2.19. The van der Waals surface area contributed by atoms with Crippen molar-refractivity contribution in [1.29, 1.82) is 0 Å². The van der Waals surface area contributed by atoms with Crippen LogP contribution in [0.3, 0.4) is 0 Å². The van der Waals surface area contributed by atoms with Crippen molar-refractivity contribution >= 4 is 5.78 Å². The smallest absolute Gasteiger partial charge is 0.141 e. The molecule has 0 unspecified atom stereocenters. The molecule has 14 heavy (non-hydrogen) atoms. The van der Waals surface area contributed by atoms with Gasteiger partial charge in [-0.3, -0.25) is 9.48 Å². The molecular weight excluding hydrogens is 180 g/mol. The van der Waals surface area contributed by atoms with E-state index in [1.165, 1.54) is 6.33 Å². The second kappa shape index (κ2) is 5.49. The van der Waals surface area contributed by atoms with Crippen LogP contribution in [0.2, 0.25) is 0 Å². The molecule has 0 spiro atoms. The summed E-state index contributed by atoms with van der Waals surface area (Å²) in [4.78, 5) is 15.4. The molecule has 0 atom stereocenters. The van der Waals surface area contributed by atoms with Crippen molar-refractivity contribution in [3.63, 3.8) is 0 Å². The Morgan fingerprint density at radius 3 is 3.00 bits per heavy atom. The Bertz CT molecular complexity index is 295. The van der Waals surface area contributed by atoms with Crippen LogP contribution in [0.5, 0.6) is 0 Å². The predicted octanol–water partition coefficient (Wildman–Crippen LogP) is -0.0737. The highest BCUT2D eigenvalue weighted by atomic mass is 16.1. The molecule has 5 heteroatoms. The Morgan fingerprint density at radius 1 is 1.64 bits per heavy atom. The van der Waals surface area contributed by atoms with Crippen molar-refractivity contribution < 1.29 is 4.79 Å². The summed E-state index contributed by atoms with van der Waals surface area (Å²) in [5.41, 5.74) is 0. The van der Waals surface area contributed by atoms with E-state index < -0.39 is 0 Å². The molecule has 0 aliphatic heterocycles. The first-order valence-electron chi connectivity index (χ1n) is 4.79. The Kier molecular flexibility index (Phi) is 4.25. The minimum absolute atomic E-state index is 0.196. The van der Waals surface area contributed by atoms with Crippen LogP contribution in [0.4, 0.5) is 0 Å². The molecule has 0 aliphatic carbocycles. The molecule has 0 saturated carbocycles. The van der Waals surface area contributed by atoms with Gasteiger partial charge in [0.05, 0.1) is 6.42 Å². The number of nitrogens with zero attached hydrogens (tertiary/aromatic N) is 3. The highest BCUT2D eigenvalue weighted by Gasteiger charge is 2.07. The van der Waals surface area contributed by atoms with Crippen LogP contribution in [0.25, 0.3) is 0 Å². The lowest BCUT2D eigenvalue weighted by molar-refractivity contribution is -0.118. The number of hydrogen-bond acceptors (Lipinski definition) is 4. The maximum Gasteiger partial charge on any atom is 0.141 e. The van der Waals surface area contributed by atoms with Gasteiger partial charge in [0.25, 0.3) is 0 Å². The summed E-state index contributed by atoms with van der Waals surface area (Å²) in [6.45, 7) is 3.66. The van der Waals surface area contributed by atoms with Gasteiger partial charge in [-0.05, 0) is 6.54 Å². The van der Waals surface area contributed by atoms with Crippen molar-refractivity contribution in [2.75, 3.05) is 13.1 Å². The molecule has 0 aromatic carbocycles. The first kappa shape index (κ1) is 10.8. The van der Waals surface area contributed by atoms with Gasteiger partial charge in [0, 0.05) is 20.0 Å². The van der Waals surface area contributed by atoms with Gasteiger partial charge in [-0.1, -0.05) is 6.92 Å². The first-order valence-corrected chi connectivity index (χ1v) is 4.79. The van der Waals surface area contributed by atoms with E-state index in [9.17, 15) is 4.79 Å². The monoisotopic (exact) mass is 196 g/mol. The van der Waals surface area contributed by atoms with Crippen LogP contribution < -0.4 is 5.32 Å². The van der Waals surface area contributed by atoms with Crippen molar-refractivity contribution in [2.45, 2.75) is 19.8 Å². The molecule has 5 nitrogen and oxygen atoms in total. The average Bonchev–Trinajstić information content (AvgIpc) is 2.52. The number of Topliss-reactive ketones (excluding diaryl/α,β-unsaturated/α-hetero) is 1. The van der Waals surface area contributed by atoms with Crippen LogP contribution >= 0.6 is 0 Å². The van der Waals surface area contributed by atoms with Gasteiger partial charge in [-0.2, -0.15) is 5.10 Å². The quantitative estimate of drug-likeness (QED) is 0.647. The van der Waals surface area contributed by atoms with Gasteiger partial charge in [0.1, 0.15) is 17.9 Å². The third kappa shape index (κ3) is 3.26. The summed E-state index contributed by atoms with van der Waals surface area (Å²) in [5.74, 6) is 0.925. The second-order valence-electron chi connectivity index (χ2n) is 3.12. The lowest BCUT2D eigenvalue weighted by atomic mass is 10.2. The van der Waals surface area contributed by atoms with E-state index in [0.717, 1.165) is 18.9 Å². The highest BCUT2D eigenvalue weighted by molar-refractivity contribution is 5.80. The zero-order chi connectivity index (χ0) is 10.4. The van der Waals surface area contributed by atoms with E-state index in [4.69, 9.17) is 0 Å². The average molecular weight is 196 g/mol. The molecular formula is C9H16N4O. The minimum atomic E-state index is 0.196. The van der Waals surface area contributed by atoms with E-state index in [2.05, 4.69) is 15.4 Å². The van der Waals surface area contributed by atoms with Gasteiger partial charge >= 0.3 is 0 Å². The highest BCUT2D eigenvalue weighted by Crippen LogP contribution is 1.95. The number of ketones is 1. The molecule has 0 fully saturated rings. The Morgan fingerprint density at radius 2 is 2.43 bits per heavy atom. The summed E-state index contributed by atoms with van der Waals surface area (Å²) in [6, 6.07) is 0. The van der Waals surface area contributed by atoms with Gasteiger partial charge in [-0.15, -0.1) is 0 Å². The van der Waals surface area contributed by atoms with E-state index in [-0.39, 0.29) is 5.78 Å². The Hall–Kier alpha value is -1.23.